The number of unbranched alkanes of at least 4 members (excludes halogenated alkanes) is 3. The van der Waals surface area contributed by atoms with Gasteiger partial charge < -0.3 is 0 Å². The van der Waals surface area contributed by atoms with Crippen LogP contribution < -0.4 is 9.44 Å². The van der Waals surface area contributed by atoms with Crippen molar-refractivity contribution in [2.75, 3.05) is 0 Å². The zero-order valence-corrected chi connectivity index (χ0v) is 41.5. The molecule has 6 nitrogen and oxygen atoms in total. The largest absolute Gasteiger partial charge is 0.244 e. The van der Waals surface area contributed by atoms with Gasteiger partial charge in [0.15, 0.2) is 0 Å². The summed E-state index contributed by atoms with van der Waals surface area (Å²) in [5.41, 5.74) is 3.05. The van der Waals surface area contributed by atoms with Gasteiger partial charge in [-0.2, -0.15) is 0 Å². The second-order valence-corrected chi connectivity index (χ2v) is 34.5. The molecule has 56 heavy (non-hydrogen) atoms. The van der Waals surface area contributed by atoms with Crippen LogP contribution in [-0.4, -0.2) is 46.3 Å². The predicted molar refractivity (Wildman–Crippen MR) is 253 cm³/mol. The van der Waals surface area contributed by atoms with E-state index < -0.39 is 40.3 Å². The maximum atomic E-state index is 12.2. The van der Waals surface area contributed by atoms with Crippen LogP contribution in [0.4, 0.5) is 0 Å². The first-order chi connectivity index (χ1) is 26.3. The third-order valence-corrected chi connectivity index (χ3v) is 27.5. The Balaban J connectivity index is 0.000000295. The van der Waals surface area contributed by atoms with Gasteiger partial charge in [0.25, 0.3) is 0 Å². The molecule has 0 radical (unpaired) electrons. The molecule has 10 heteroatoms. The van der Waals surface area contributed by atoms with Gasteiger partial charge in [0.2, 0.25) is 0 Å². The quantitative estimate of drug-likeness (QED) is 0.0816. The van der Waals surface area contributed by atoms with Crippen LogP contribution in [0.3, 0.4) is 0 Å². The van der Waals surface area contributed by atoms with Gasteiger partial charge in [0.05, 0.1) is 37.2 Å². The molecule has 0 bridgehead atoms. The summed E-state index contributed by atoms with van der Waals surface area (Å²) in [5, 5.41) is 4.77. The fraction of sp³-hybridized carbons (Fsp3) is 0.522. The van der Waals surface area contributed by atoms with Crippen LogP contribution >= 0.6 is 11.6 Å². The Bertz CT molecular complexity index is 1870. The van der Waals surface area contributed by atoms with Crippen LogP contribution in [0.2, 0.25) is 18.5 Å². The van der Waals surface area contributed by atoms with E-state index in [1.165, 1.54) is 38.5 Å². The maximum absolute atomic E-state index is 12.2. The average molecular weight is 930 g/mol. The van der Waals surface area contributed by atoms with Crippen molar-refractivity contribution >= 4 is 79.6 Å². The maximum Gasteiger partial charge on any atom is 0.129 e. The van der Waals surface area contributed by atoms with Crippen molar-refractivity contribution in [3.8, 4) is 0 Å². The molecule has 0 aliphatic heterocycles. The van der Waals surface area contributed by atoms with E-state index in [9.17, 15) is 8.42 Å². The number of aromatic nitrogens is 2. The van der Waals surface area contributed by atoms with Crippen molar-refractivity contribution in [1.82, 2.24) is 19.4 Å². The molecule has 2 aromatic heterocycles. The molecule has 0 aliphatic carbocycles. The topological polar surface area (TPSA) is 84.0 Å². The van der Waals surface area contributed by atoms with Crippen molar-refractivity contribution in [3.63, 3.8) is 0 Å². The van der Waals surface area contributed by atoms with Crippen molar-refractivity contribution in [3.05, 3.63) is 100 Å². The average Bonchev–Trinajstić information content (AvgIpc) is 3.16. The number of rotatable bonds is 17. The first-order valence-electron chi connectivity index (χ1n) is 20.4. The number of nitrogens with zero attached hydrogens (tertiary/aromatic N) is 2. The van der Waals surface area contributed by atoms with Crippen LogP contribution in [0.5, 0.6) is 0 Å². The first kappa shape index (κ1) is 50.2. The van der Waals surface area contributed by atoms with Gasteiger partial charge in [-0.1, -0.05) is 42.4 Å². The minimum Gasteiger partial charge on any atom is -0.244 e. The summed E-state index contributed by atoms with van der Waals surface area (Å²) in [6.45, 7) is 30.7. The monoisotopic (exact) mass is 930 g/mol. The van der Waals surface area contributed by atoms with Gasteiger partial charge in [0, 0.05) is 35.2 Å². The summed E-state index contributed by atoms with van der Waals surface area (Å²) >= 11 is 4.07. The van der Waals surface area contributed by atoms with E-state index in [0.717, 1.165) is 38.4 Å². The molecular weight excluding hydrogens is 859 g/mol. The van der Waals surface area contributed by atoms with Crippen molar-refractivity contribution in [2.24, 2.45) is 0 Å². The van der Waals surface area contributed by atoms with E-state index >= 15 is 0 Å². The van der Waals surface area contributed by atoms with Crippen LogP contribution in [-0.2, 0) is 22.0 Å². The van der Waals surface area contributed by atoms with Crippen LogP contribution in [0.1, 0.15) is 144 Å². The molecule has 0 unspecified atom stereocenters. The third kappa shape index (κ3) is 16.7. The molecule has 4 atom stereocenters. The number of nitrogens with one attached hydrogen (secondary N) is 2. The minimum absolute atomic E-state index is 0.00593. The molecule has 0 aliphatic rings. The third-order valence-electron chi connectivity index (χ3n) is 9.89. The van der Waals surface area contributed by atoms with Gasteiger partial charge in [-0.25, -0.2) is 22.8 Å². The van der Waals surface area contributed by atoms with Gasteiger partial charge in [-0.3, -0.25) is 4.98 Å². The summed E-state index contributed by atoms with van der Waals surface area (Å²) in [4.78, 5) is 8.36. The number of benzene rings is 2. The first-order valence-corrected chi connectivity index (χ1v) is 30.8. The van der Waals surface area contributed by atoms with Crippen molar-refractivity contribution < 1.29 is 8.42 Å². The summed E-state index contributed by atoms with van der Waals surface area (Å²) in [6, 6.07) is 16.2. The van der Waals surface area contributed by atoms with Crippen LogP contribution in [0, 0.1) is 0 Å². The number of hydrogen-bond acceptors (Lipinski definition) is 4. The van der Waals surface area contributed by atoms with Gasteiger partial charge in [-0.05, 0) is 108 Å². The molecule has 0 spiro atoms. The molecule has 2 heterocycles. The predicted octanol–water partition coefficient (Wildman–Crippen LogP) is 13.6. The van der Waals surface area contributed by atoms with Crippen molar-refractivity contribution in [1.29, 1.82) is 0 Å². The van der Waals surface area contributed by atoms with Gasteiger partial charge >= 0.3 is 102 Å². The second kappa shape index (κ2) is 24.2. The summed E-state index contributed by atoms with van der Waals surface area (Å²) in [7, 11) is -2.18. The Hall–Kier alpha value is -1.95. The fourth-order valence-electron chi connectivity index (χ4n) is 6.04. The SMILES string of the molecule is C=Cc1cc2cc([C@@H](C)N[S@](=O)C(C)(C)C)ccc2cn1.C=[CH][Sn]([CH2]CCC)([CH2]CCC)[CH2]CCC.C[C@@H](N[S@](=O)C(C)(C)C)c1ccc2cnc(Cl)cc2c1. The molecular formula is C46H71ClN4O2S2Sn. The minimum atomic E-state index is -1.85. The Kier molecular flexibility index (Phi) is 21.7. The number of pyridine rings is 2. The summed E-state index contributed by atoms with van der Waals surface area (Å²) < 4.78 is 37.2. The van der Waals surface area contributed by atoms with E-state index in [-0.39, 0.29) is 21.6 Å². The number of hydrogen-bond donors (Lipinski definition) is 2. The molecule has 0 saturated heterocycles. The summed E-state index contributed by atoms with van der Waals surface area (Å²) in [6.07, 6.45) is 13.8. The molecule has 4 rings (SSSR count). The van der Waals surface area contributed by atoms with Gasteiger partial charge in [0.1, 0.15) is 5.15 Å². The van der Waals surface area contributed by atoms with Crippen LogP contribution in [0.25, 0.3) is 27.6 Å². The molecule has 0 amide bonds. The fourth-order valence-corrected chi connectivity index (χ4v) is 20.8. The van der Waals surface area contributed by atoms with E-state index in [0.29, 0.717) is 5.15 Å². The van der Waals surface area contributed by atoms with E-state index in [1.54, 1.807) is 25.6 Å². The molecule has 2 aromatic carbocycles. The van der Waals surface area contributed by atoms with E-state index in [1.807, 2.05) is 91.9 Å². The van der Waals surface area contributed by atoms with Gasteiger partial charge in [-0.15, -0.1) is 0 Å². The van der Waals surface area contributed by atoms with Crippen molar-refractivity contribution in [2.45, 2.75) is 150 Å². The Morgan fingerprint density at radius 1 is 0.679 bits per heavy atom. The zero-order valence-electron chi connectivity index (χ0n) is 36.3. The molecule has 2 N–H and O–H groups in total. The smallest absolute Gasteiger partial charge is 0.129 e. The Morgan fingerprint density at radius 3 is 1.46 bits per heavy atom. The number of halogens is 1. The normalized spacial score (nSPS) is 14.1. The zero-order chi connectivity index (χ0) is 42.1. The molecule has 310 valence electrons. The van der Waals surface area contributed by atoms with Crippen LogP contribution in [0.15, 0.2) is 78.2 Å². The van der Waals surface area contributed by atoms with E-state index in [4.69, 9.17) is 11.6 Å². The molecule has 0 fully saturated rings. The second-order valence-electron chi connectivity index (χ2n) is 16.9. The Labute approximate surface area is 354 Å². The standard InChI is InChI=1S/C17H22N2OS.C15H19ClN2OS.3C4H9.C2H3.Sn/c1-6-16-10-15-9-13(7-8-14(15)11-18-16)12(2)19-21(20)17(3,4)5;1-10(18-20(19)15(2,3)4)11-5-6-12-9-17-14(16)8-13(12)7-11;3*1-3-4-2;1-2;/h6-12,19H,1H2,2-5H3;5-10,18H,1-4H3;3*1,3-4H2,2H3;1H,2H2;/t12-,21-;10-,20-;;;;;/m11...../s1. The molecule has 4 aromatic rings. The molecule has 0 saturated carbocycles. The summed E-state index contributed by atoms with van der Waals surface area (Å²) in [5.74, 6) is 0. The van der Waals surface area contributed by atoms with E-state index in [2.05, 4.69) is 75.6 Å². The number of fused-ring (bicyclic) bond motifs is 2. The Morgan fingerprint density at radius 2 is 1.09 bits per heavy atom.